The Hall–Kier alpha value is -3.77. The molecule has 4 heterocycles. The van der Waals surface area contributed by atoms with Crippen molar-refractivity contribution in [3.8, 4) is 11.3 Å². The van der Waals surface area contributed by atoms with Crippen LogP contribution in [0.4, 0.5) is 18.0 Å². The zero-order valence-electron chi connectivity index (χ0n) is 22.3. The number of nitrogens with one attached hydrogen (secondary N) is 2. The number of hydrogen-bond donors (Lipinski definition) is 2. The number of alkyl halides is 1. The molecule has 3 aromatic heterocycles. The predicted octanol–water partition coefficient (Wildman–Crippen LogP) is 6.12. The Kier molecular flexibility index (Phi) is 7.06. The van der Waals surface area contributed by atoms with Gasteiger partial charge >= 0.3 is 6.09 Å². The SMILES string of the molecule is CC1CCC(Cn2c(C(C)(F)c3c(F)cccc3F)nc3nc(C4NOC(=O)N4)nc(-c4cncc(Cl)c4)c32)CC1. The normalized spacial score (nSPS) is 22.4. The lowest BCUT2D eigenvalue weighted by Gasteiger charge is -2.29. The summed E-state index contributed by atoms with van der Waals surface area (Å²) in [6.07, 6.45) is 5.18. The van der Waals surface area contributed by atoms with Crippen LogP contribution in [0.15, 0.2) is 36.7 Å². The molecule has 1 aliphatic carbocycles. The summed E-state index contributed by atoms with van der Waals surface area (Å²) in [6, 6.07) is 4.85. The standard InChI is InChI=1S/C28H27ClF3N7O2/c1-14-6-8-15(9-7-14)13-39-22-21(16-10-17(29)12-33-11-16)34-24(25-37-27(40)41-38-25)35-23(22)36-26(39)28(2,32)20-18(30)4-3-5-19(20)31/h3-5,10-12,14-15,25,38H,6-9,13H2,1-2H3,(H,37,40). The minimum Gasteiger partial charge on any atom is -0.351 e. The molecule has 6 rings (SSSR count). The fraction of sp³-hybridized carbons (Fsp3) is 0.393. The molecular formula is C28H27ClF3N7O2. The zero-order valence-corrected chi connectivity index (χ0v) is 23.1. The second kappa shape index (κ2) is 10.6. The summed E-state index contributed by atoms with van der Waals surface area (Å²) in [7, 11) is 0. The van der Waals surface area contributed by atoms with Crippen molar-refractivity contribution < 1.29 is 22.8 Å². The van der Waals surface area contributed by atoms with Gasteiger partial charge in [0.15, 0.2) is 29.1 Å². The molecule has 1 amide bonds. The molecule has 214 valence electrons. The Morgan fingerprint density at radius 1 is 1.12 bits per heavy atom. The average Bonchev–Trinajstić information content (AvgIpc) is 3.53. The quantitative estimate of drug-likeness (QED) is 0.281. The van der Waals surface area contributed by atoms with Crippen molar-refractivity contribution in [1.29, 1.82) is 0 Å². The Bertz CT molecular complexity index is 1620. The topological polar surface area (TPSA) is 107 Å². The van der Waals surface area contributed by atoms with E-state index in [1.807, 2.05) is 0 Å². The molecule has 0 bridgehead atoms. The van der Waals surface area contributed by atoms with Gasteiger partial charge in [-0.05, 0) is 49.8 Å². The summed E-state index contributed by atoms with van der Waals surface area (Å²) in [5.74, 6) is -1.43. The average molecular weight is 586 g/mol. The smallest absolute Gasteiger partial charge is 0.351 e. The van der Waals surface area contributed by atoms with Crippen LogP contribution in [0, 0.1) is 23.5 Å². The minimum absolute atomic E-state index is 0.0766. The van der Waals surface area contributed by atoms with E-state index in [1.54, 1.807) is 16.8 Å². The van der Waals surface area contributed by atoms with Crippen LogP contribution in [0.25, 0.3) is 22.4 Å². The lowest BCUT2D eigenvalue weighted by molar-refractivity contribution is 0.120. The van der Waals surface area contributed by atoms with Crippen LogP contribution in [0.5, 0.6) is 0 Å². The molecule has 13 heteroatoms. The molecule has 1 saturated heterocycles. The second-order valence-corrected chi connectivity index (χ2v) is 11.3. The molecule has 2 atom stereocenters. The summed E-state index contributed by atoms with van der Waals surface area (Å²) in [4.78, 5) is 34.5. The number of nitrogens with zero attached hydrogens (tertiary/aromatic N) is 5. The van der Waals surface area contributed by atoms with Crippen LogP contribution in [0.3, 0.4) is 0 Å². The number of carbonyl (C=O) groups is 1. The first-order valence-electron chi connectivity index (χ1n) is 13.4. The highest BCUT2D eigenvalue weighted by atomic mass is 35.5. The Labute approximate surface area is 238 Å². The number of pyridine rings is 1. The molecule has 1 aliphatic heterocycles. The number of carbonyl (C=O) groups excluding carboxylic acids is 1. The molecule has 2 unspecified atom stereocenters. The summed E-state index contributed by atoms with van der Waals surface area (Å²) in [6.45, 7) is 3.63. The van der Waals surface area contributed by atoms with E-state index in [-0.39, 0.29) is 23.2 Å². The first-order chi connectivity index (χ1) is 19.6. The van der Waals surface area contributed by atoms with Gasteiger partial charge in [-0.1, -0.05) is 37.4 Å². The van der Waals surface area contributed by atoms with Gasteiger partial charge in [0.1, 0.15) is 22.8 Å². The maximum absolute atomic E-state index is 16.9. The van der Waals surface area contributed by atoms with Crippen LogP contribution < -0.4 is 10.8 Å². The van der Waals surface area contributed by atoms with Crippen molar-refractivity contribution in [3.63, 3.8) is 0 Å². The molecule has 0 radical (unpaired) electrons. The van der Waals surface area contributed by atoms with Crippen molar-refractivity contribution in [3.05, 3.63) is 70.5 Å². The number of fused-ring (bicyclic) bond motifs is 1. The second-order valence-electron chi connectivity index (χ2n) is 10.9. The van der Waals surface area contributed by atoms with E-state index < -0.39 is 35.1 Å². The van der Waals surface area contributed by atoms with E-state index in [0.717, 1.165) is 44.7 Å². The van der Waals surface area contributed by atoms with Crippen molar-refractivity contribution >= 4 is 28.9 Å². The van der Waals surface area contributed by atoms with Crippen molar-refractivity contribution in [1.82, 2.24) is 35.3 Å². The minimum atomic E-state index is -2.68. The molecule has 4 aromatic rings. The first-order valence-corrected chi connectivity index (χ1v) is 13.8. The van der Waals surface area contributed by atoms with Gasteiger partial charge in [0, 0.05) is 24.5 Å². The van der Waals surface area contributed by atoms with Crippen LogP contribution in [-0.4, -0.2) is 30.6 Å². The summed E-state index contributed by atoms with van der Waals surface area (Å²) < 4.78 is 48.5. The third-order valence-electron chi connectivity index (χ3n) is 7.82. The maximum atomic E-state index is 16.9. The zero-order chi connectivity index (χ0) is 28.9. The first kappa shape index (κ1) is 27.4. The fourth-order valence-electron chi connectivity index (χ4n) is 5.70. The van der Waals surface area contributed by atoms with E-state index in [9.17, 15) is 13.6 Å². The highest BCUT2D eigenvalue weighted by molar-refractivity contribution is 6.30. The number of hydrogen-bond acceptors (Lipinski definition) is 7. The van der Waals surface area contributed by atoms with E-state index >= 15 is 4.39 Å². The third-order valence-corrected chi connectivity index (χ3v) is 8.02. The van der Waals surface area contributed by atoms with Crippen molar-refractivity contribution in [2.24, 2.45) is 11.8 Å². The molecule has 2 N–H and O–H groups in total. The molecule has 0 spiro atoms. The largest absolute Gasteiger partial charge is 0.427 e. The molecule has 1 aromatic carbocycles. The number of halogens is 4. The van der Waals surface area contributed by atoms with E-state index in [0.29, 0.717) is 34.3 Å². The number of hydroxylamine groups is 1. The Morgan fingerprint density at radius 2 is 1.85 bits per heavy atom. The Morgan fingerprint density at radius 3 is 2.51 bits per heavy atom. The molecule has 41 heavy (non-hydrogen) atoms. The molecule has 2 fully saturated rings. The highest BCUT2D eigenvalue weighted by Crippen LogP contribution is 2.41. The fourth-order valence-corrected chi connectivity index (χ4v) is 5.87. The third kappa shape index (κ3) is 5.10. The summed E-state index contributed by atoms with van der Waals surface area (Å²) >= 11 is 6.27. The van der Waals surface area contributed by atoms with E-state index in [2.05, 4.69) is 32.7 Å². The molecule has 2 aliphatic rings. The van der Waals surface area contributed by atoms with Gasteiger partial charge in [-0.2, -0.15) is 0 Å². The highest BCUT2D eigenvalue weighted by Gasteiger charge is 2.41. The molecule has 9 nitrogen and oxygen atoms in total. The molecular weight excluding hydrogens is 559 g/mol. The number of benzene rings is 1. The van der Waals surface area contributed by atoms with E-state index in [1.165, 1.54) is 12.3 Å². The number of amides is 1. The maximum Gasteiger partial charge on any atom is 0.427 e. The van der Waals surface area contributed by atoms with Crippen LogP contribution >= 0.6 is 11.6 Å². The number of rotatable bonds is 6. The van der Waals surface area contributed by atoms with Gasteiger partial charge in [-0.3, -0.25) is 10.3 Å². The summed E-state index contributed by atoms with van der Waals surface area (Å²) in [5, 5.41) is 2.88. The van der Waals surface area contributed by atoms with Gasteiger partial charge in [0.2, 0.25) is 0 Å². The van der Waals surface area contributed by atoms with Crippen LogP contribution in [0.2, 0.25) is 5.02 Å². The monoisotopic (exact) mass is 585 g/mol. The lowest BCUT2D eigenvalue weighted by atomic mass is 9.83. The van der Waals surface area contributed by atoms with Crippen LogP contribution in [-0.2, 0) is 17.1 Å². The molecule has 1 saturated carbocycles. The number of imidazole rings is 1. The van der Waals surface area contributed by atoms with Crippen LogP contribution in [0.1, 0.15) is 62.9 Å². The van der Waals surface area contributed by atoms with E-state index in [4.69, 9.17) is 21.4 Å². The summed E-state index contributed by atoms with van der Waals surface area (Å²) in [5.41, 5.74) is 0.320. The lowest BCUT2D eigenvalue weighted by Crippen LogP contribution is -2.28. The van der Waals surface area contributed by atoms with Gasteiger partial charge < -0.3 is 9.40 Å². The Balaban J connectivity index is 1.61. The predicted molar refractivity (Wildman–Crippen MR) is 144 cm³/mol. The van der Waals surface area contributed by atoms with Gasteiger partial charge in [-0.15, -0.1) is 5.48 Å². The van der Waals surface area contributed by atoms with Gasteiger partial charge in [0.25, 0.3) is 0 Å². The van der Waals surface area contributed by atoms with Crippen molar-refractivity contribution in [2.75, 3.05) is 0 Å². The number of aromatic nitrogens is 5. The van der Waals surface area contributed by atoms with Gasteiger partial charge in [0.05, 0.1) is 10.6 Å². The van der Waals surface area contributed by atoms with Crippen molar-refractivity contribution in [2.45, 2.75) is 57.9 Å². The van der Waals surface area contributed by atoms with Gasteiger partial charge in [-0.25, -0.2) is 32.9 Å².